The Kier molecular flexibility index (Phi) is 4.38. The molecule has 3 heterocycles. The summed E-state index contributed by atoms with van der Waals surface area (Å²) in [5.74, 6) is 1.13. The van der Waals surface area contributed by atoms with E-state index in [-0.39, 0.29) is 0 Å². The van der Waals surface area contributed by atoms with E-state index in [0.717, 1.165) is 32.0 Å². The van der Waals surface area contributed by atoms with Gasteiger partial charge in [-0.25, -0.2) is 9.97 Å². The molecule has 0 radical (unpaired) electrons. The zero-order valence-electron chi connectivity index (χ0n) is 13.7. The van der Waals surface area contributed by atoms with Crippen LogP contribution in [-0.2, 0) is 19.6 Å². The molecule has 6 heteroatoms. The summed E-state index contributed by atoms with van der Waals surface area (Å²) >= 11 is 0. The third kappa shape index (κ3) is 3.38. The van der Waals surface area contributed by atoms with Crippen molar-refractivity contribution in [1.82, 2.24) is 29.2 Å². The number of likely N-dealkylation sites (tertiary alicyclic amines) is 1. The maximum atomic E-state index is 4.59. The van der Waals surface area contributed by atoms with Crippen LogP contribution >= 0.6 is 0 Å². The van der Waals surface area contributed by atoms with E-state index in [1.807, 2.05) is 10.9 Å². The Morgan fingerprint density at radius 1 is 1.12 bits per heavy atom. The first-order chi connectivity index (χ1) is 11.9. The van der Waals surface area contributed by atoms with Crippen molar-refractivity contribution in [2.75, 3.05) is 6.54 Å². The molecule has 0 N–H and O–H groups in total. The Morgan fingerprint density at radius 3 is 2.88 bits per heavy atom. The highest BCUT2D eigenvalue weighted by atomic mass is 15.3. The lowest BCUT2D eigenvalue weighted by atomic mass is 10.2. The molecule has 4 rings (SSSR count). The number of hydrogen-bond acceptors (Lipinski definition) is 4. The largest absolute Gasteiger partial charge is 0.329 e. The smallest absolute Gasteiger partial charge is 0.137 e. The predicted molar refractivity (Wildman–Crippen MR) is 91.2 cm³/mol. The van der Waals surface area contributed by atoms with Crippen LogP contribution in [0.4, 0.5) is 0 Å². The highest BCUT2D eigenvalue weighted by Gasteiger charge is 2.26. The van der Waals surface area contributed by atoms with E-state index in [2.05, 4.69) is 61.1 Å². The van der Waals surface area contributed by atoms with Gasteiger partial charge in [-0.05, 0) is 24.9 Å². The molecule has 0 saturated carbocycles. The van der Waals surface area contributed by atoms with E-state index in [4.69, 9.17) is 0 Å². The van der Waals surface area contributed by atoms with Gasteiger partial charge in [0.2, 0.25) is 0 Å². The molecule has 1 saturated heterocycles. The predicted octanol–water partition coefficient (Wildman–Crippen LogP) is 2.19. The maximum Gasteiger partial charge on any atom is 0.137 e. The van der Waals surface area contributed by atoms with Gasteiger partial charge in [0, 0.05) is 25.0 Å². The summed E-state index contributed by atoms with van der Waals surface area (Å²) < 4.78 is 4.18. The summed E-state index contributed by atoms with van der Waals surface area (Å²) in [6.07, 6.45) is 9.82. The van der Waals surface area contributed by atoms with Gasteiger partial charge in [0.25, 0.3) is 0 Å². The third-order valence-corrected chi connectivity index (χ3v) is 4.71. The van der Waals surface area contributed by atoms with Gasteiger partial charge in [0.15, 0.2) is 0 Å². The van der Waals surface area contributed by atoms with Crippen molar-refractivity contribution < 1.29 is 0 Å². The van der Waals surface area contributed by atoms with Crippen molar-refractivity contribution in [3.05, 3.63) is 66.8 Å². The van der Waals surface area contributed by atoms with E-state index < -0.39 is 0 Å². The molecule has 124 valence electrons. The van der Waals surface area contributed by atoms with Crippen molar-refractivity contribution >= 4 is 0 Å². The molecule has 0 spiro atoms. The lowest BCUT2D eigenvalue weighted by Crippen LogP contribution is -2.33. The van der Waals surface area contributed by atoms with Gasteiger partial charge in [-0.3, -0.25) is 9.58 Å². The fraction of sp³-hybridized carbons (Fsp3) is 0.389. The number of hydrogen-bond donors (Lipinski definition) is 0. The zero-order chi connectivity index (χ0) is 16.2. The Hall–Kier alpha value is -2.47. The standard InChI is InChI=1S/C18H22N6/c1-2-5-16(6-3-1)11-23-10-8-20-18(23)13-22-9-4-7-17(22)12-24-15-19-14-21-24/h1-3,5-6,8,10,14-15,17H,4,7,9,11-13H2/t17-/m0/s1. The normalized spacial score (nSPS) is 18.2. The van der Waals surface area contributed by atoms with Gasteiger partial charge in [0.05, 0.1) is 13.1 Å². The van der Waals surface area contributed by atoms with E-state index in [1.165, 1.54) is 18.4 Å². The molecule has 3 aromatic rings. The van der Waals surface area contributed by atoms with Crippen LogP contribution < -0.4 is 0 Å². The maximum absolute atomic E-state index is 4.59. The molecule has 1 atom stereocenters. The van der Waals surface area contributed by atoms with Crippen LogP contribution in [0.5, 0.6) is 0 Å². The highest BCUT2D eigenvalue weighted by Crippen LogP contribution is 2.21. The quantitative estimate of drug-likeness (QED) is 0.698. The number of benzene rings is 1. The summed E-state index contributed by atoms with van der Waals surface area (Å²) in [5, 5.41) is 4.24. The molecular weight excluding hydrogens is 300 g/mol. The molecule has 0 bridgehead atoms. The van der Waals surface area contributed by atoms with Crippen molar-refractivity contribution in [2.45, 2.75) is 38.5 Å². The molecule has 0 aliphatic carbocycles. The number of aromatic nitrogens is 5. The summed E-state index contributed by atoms with van der Waals surface area (Å²) in [4.78, 5) is 11.2. The van der Waals surface area contributed by atoms with Crippen molar-refractivity contribution in [3.8, 4) is 0 Å². The Labute approximate surface area is 141 Å². The van der Waals surface area contributed by atoms with Gasteiger partial charge in [-0.2, -0.15) is 5.10 Å². The second-order valence-electron chi connectivity index (χ2n) is 6.34. The number of nitrogens with zero attached hydrogens (tertiary/aromatic N) is 6. The first kappa shape index (κ1) is 15.1. The Bertz CT molecular complexity index is 749. The molecule has 24 heavy (non-hydrogen) atoms. The average molecular weight is 322 g/mol. The number of imidazole rings is 1. The number of rotatable bonds is 6. The van der Waals surface area contributed by atoms with Crippen LogP contribution in [0, 0.1) is 0 Å². The molecule has 1 aliphatic heterocycles. The van der Waals surface area contributed by atoms with Crippen LogP contribution in [0.2, 0.25) is 0 Å². The molecular formula is C18H22N6. The topological polar surface area (TPSA) is 51.8 Å². The van der Waals surface area contributed by atoms with Crippen LogP contribution in [0.1, 0.15) is 24.2 Å². The van der Waals surface area contributed by atoms with Gasteiger partial charge >= 0.3 is 0 Å². The van der Waals surface area contributed by atoms with Gasteiger partial charge in [-0.15, -0.1) is 0 Å². The van der Waals surface area contributed by atoms with Gasteiger partial charge in [0.1, 0.15) is 18.5 Å². The Balaban J connectivity index is 1.44. The fourth-order valence-electron chi connectivity index (χ4n) is 3.45. The summed E-state index contributed by atoms with van der Waals surface area (Å²) in [6, 6.07) is 11.0. The lowest BCUT2D eigenvalue weighted by Gasteiger charge is -2.24. The van der Waals surface area contributed by atoms with Crippen LogP contribution in [0.15, 0.2) is 55.4 Å². The summed E-state index contributed by atoms with van der Waals surface area (Å²) in [6.45, 7) is 3.79. The first-order valence-electron chi connectivity index (χ1n) is 8.49. The SMILES string of the molecule is c1ccc(Cn2ccnc2CN2CCC[C@H]2Cn2cncn2)cc1. The monoisotopic (exact) mass is 322 g/mol. The minimum absolute atomic E-state index is 0.508. The second kappa shape index (κ2) is 6.97. The van der Waals surface area contributed by atoms with Crippen LogP contribution in [0.25, 0.3) is 0 Å². The highest BCUT2D eigenvalue weighted by molar-refractivity contribution is 5.15. The van der Waals surface area contributed by atoms with E-state index in [1.54, 1.807) is 12.7 Å². The molecule has 0 unspecified atom stereocenters. The van der Waals surface area contributed by atoms with E-state index in [0.29, 0.717) is 6.04 Å². The Morgan fingerprint density at radius 2 is 2.04 bits per heavy atom. The minimum atomic E-state index is 0.508. The van der Waals surface area contributed by atoms with E-state index >= 15 is 0 Å². The molecule has 0 amide bonds. The van der Waals surface area contributed by atoms with Gasteiger partial charge < -0.3 is 4.57 Å². The summed E-state index contributed by atoms with van der Waals surface area (Å²) in [5.41, 5.74) is 1.30. The third-order valence-electron chi connectivity index (χ3n) is 4.71. The fourth-order valence-corrected chi connectivity index (χ4v) is 3.45. The molecule has 1 fully saturated rings. The average Bonchev–Trinajstić information content (AvgIpc) is 3.34. The second-order valence-corrected chi connectivity index (χ2v) is 6.34. The summed E-state index contributed by atoms with van der Waals surface area (Å²) in [7, 11) is 0. The van der Waals surface area contributed by atoms with E-state index in [9.17, 15) is 0 Å². The molecule has 1 aromatic carbocycles. The van der Waals surface area contributed by atoms with Gasteiger partial charge in [-0.1, -0.05) is 30.3 Å². The first-order valence-corrected chi connectivity index (χ1v) is 8.49. The minimum Gasteiger partial charge on any atom is -0.329 e. The molecule has 6 nitrogen and oxygen atoms in total. The van der Waals surface area contributed by atoms with Crippen LogP contribution in [-0.4, -0.2) is 41.8 Å². The van der Waals surface area contributed by atoms with Crippen molar-refractivity contribution in [2.24, 2.45) is 0 Å². The van der Waals surface area contributed by atoms with Crippen molar-refractivity contribution in [1.29, 1.82) is 0 Å². The zero-order valence-corrected chi connectivity index (χ0v) is 13.7. The van der Waals surface area contributed by atoms with Crippen LogP contribution in [0.3, 0.4) is 0 Å². The van der Waals surface area contributed by atoms with Crippen molar-refractivity contribution in [3.63, 3.8) is 0 Å². The molecule has 1 aliphatic rings. The lowest BCUT2D eigenvalue weighted by molar-refractivity contribution is 0.212. The molecule has 2 aromatic heterocycles.